The summed E-state index contributed by atoms with van der Waals surface area (Å²) in [6, 6.07) is 13.5. The first-order chi connectivity index (χ1) is 18.6. The lowest BCUT2D eigenvalue weighted by Crippen LogP contribution is -2.31. The van der Waals surface area contributed by atoms with Crippen molar-refractivity contribution in [1.29, 1.82) is 0 Å². The number of benzene rings is 3. The Morgan fingerprint density at radius 2 is 1.45 bits per heavy atom. The lowest BCUT2D eigenvalue weighted by atomic mass is 10.1. The van der Waals surface area contributed by atoms with Crippen LogP contribution < -0.4 is 16.0 Å². The average Bonchev–Trinajstić information content (AvgIpc) is 3.44. The number of nitrogens with one attached hydrogen (secondary N) is 3. The summed E-state index contributed by atoms with van der Waals surface area (Å²) in [5.41, 5.74) is 1.97. The third-order valence-electron chi connectivity index (χ3n) is 6.25. The normalized spacial score (nSPS) is 17.6. The molecule has 1 aliphatic rings. The van der Waals surface area contributed by atoms with E-state index >= 15 is 0 Å². The highest BCUT2D eigenvalue weighted by Crippen LogP contribution is 2.65. The minimum absolute atomic E-state index is 0.0571. The van der Waals surface area contributed by atoms with Gasteiger partial charge in [-0.25, -0.2) is 0 Å². The molecule has 40 heavy (non-hydrogen) atoms. The molecule has 6 nitrogen and oxygen atoms in total. The molecule has 13 heteroatoms. The average molecular weight is 650 g/mol. The molecule has 1 fully saturated rings. The van der Waals surface area contributed by atoms with Gasteiger partial charge in [0, 0.05) is 29.9 Å². The van der Waals surface area contributed by atoms with Gasteiger partial charge in [0.2, 0.25) is 5.91 Å². The third-order valence-corrected chi connectivity index (χ3v) is 8.26. The second-order valence-electron chi connectivity index (χ2n) is 9.31. The number of alkyl halides is 4. The van der Waals surface area contributed by atoms with E-state index < -0.39 is 39.8 Å². The first-order valence-electron chi connectivity index (χ1n) is 11.6. The number of hydrogen-bond acceptors (Lipinski definition) is 3. The van der Waals surface area contributed by atoms with Crippen LogP contribution in [0.1, 0.15) is 34.3 Å². The Hall–Kier alpha value is -2.62. The Morgan fingerprint density at radius 1 is 0.825 bits per heavy atom. The molecule has 3 N–H and O–H groups in total. The second-order valence-corrected chi connectivity index (χ2v) is 12.0. The lowest BCUT2D eigenvalue weighted by Gasteiger charge is -2.14. The molecule has 0 aliphatic heterocycles. The summed E-state index contributed by atoms with van der Waals surface area (Å²) in [6.07, 6.45) is 0. The Morgan fingerprint density at radius 3 is 2.08 bits per heavy atom. The van der Waals surface area contributed by atoms with E-state index in [-0.39, 0.29) is 22.0 Å². The molecule has 3 aromatic rings. The third kappa shape index (κ3) is 6.47. The van der Waals surface area contributed by atoms with Crippen molar-refractivity contribution in [2.75, 3.05) is 16.0 Å². The van der Waals surface area contributed by atoms with Gasteiger partial charge in [-0.15, -0.1) is 23.2 Å². The fourth-order valence-corrected chi connectivity index (χ4v) is 5.42. The fraction of sp³-hybridized carbons (Fsp3) is 0.222. The molecule has 0 aromatic heterocycles. The molecule has 0 radical (unpaired) electrons. The molecule has 2 atom stereocenters. The number of carbonyl (C=O) groups is 3. The van der Waals surface area contributed by atoms with Crippen molar-refractivity contribution in [3.8, 4) is 0 Å². The van der Waals surface area contributed by atoms with E-state index in [9.17, 15) is 23.2 Å². The largest absolute Gasteiger partial charge is 0.326 e. The molecule has 2 unspecified atom stereocenters. The van der Waals surface area contributed by atoms with Gasteiger partial charge in [0.25, 0.3) is 11.8 Å². The fourth-order valence-electron chi connectivity index (χ4n) is 4.08. The van der Waals surface area contributed by atoms with E-state index in [1.807, 2.05) is 0 Å². The summed E-state index contributed by atoms with van der Waals surface area (Å²) in [7, 11) is 0. The Balaban J connectivity index is 1.46. The Kier molecular flexibility index (Phi) is 8.60. The van der Waals surface area contributed by atoms with Crippen LogP contribution in [0.5, 0.6) is 0 Å². The van der Waals surface area contributed by atoms with E-state index in [1.165, 1.54) is 36.4 Å². The van der Waals surface area contributed by atoms with Gasteiger partial charge in [0.1, 0.15) is 4.33 Å². The zero-order valence-electron chi connectivity index (χ0n) is 20.7. The predicted octanol–water partition coefficient (Wildman–Crippen LogP) is 8.33. The maximum Gasteiger partial charge on any atom is 0.322 e. The number of halogens is 7. The smallest absolute Gasteiger partial charge is 0.322 e. The van der Waals surface area contributed by atoms with E-state index in [0.29, 0.717) is 33.8 Å². The van der Waals surface area contributed by atoms with Gasteiger partial charge in [-0.2, -0.15) is 8.78 Å². The van der Waals surface area contributed by atoms with Gasteiger partial charge in [-0.3, -0.25) is 14.4 Å². The van der Waals surface area contributed by atoms with Gasteiger partial charge >= 0.3 is 5.92 Å². The summed E-state index contributed by atoms with van der Waals surface area (Å²) in [5.74, 6) is -7.39. The van der Waals surface area contributed by atoms with Gasteiger partial charge in [-0.1, -0.05) is 40.9 Å². The Bertz CT molecular complexity index is 1530. The van der Waals surface area contributed by atoms with Crippen LogP contribution in [0.3, 0.4) is 0 Å². The standard InChI is InChI=1S/C27H20Cl5F2N3O3/c1-12-9-14(36-25(40)26(2,33)34)5-8-20(12)37-23(38)16-11-15(4-7-17(16)28)35-24(39)22-21(27(22,31)32)13-3-6-18(29)19(30)10-13/h3-11,21-22H,1-2H3,(H,35,39)(H,36,40)(H,37,38). The van der Waals surface area contributed by atoms with E-state index in [1.54, 1.807) is 25.1 Å². The predicted molar refractivity (Wildman–Crippen MR) is 156 cm³/mol. The van der Waals surface area contributed by atoms with Crippen LogP contribution in [-0.2, 0) is 9.59 Å². The number of amides is 3. The van der Waals surface area contributed by atoms with Gasteiger partial charge < -0.3 is 16.0 Å². The van der Waals surface area contributed by atoms with E-state index in [0.717, 1.165) is 0 Å². The molecule has 3 aromatic carbocycles. The number of hydrogen-bond donors (Lipinski definition) is 3. The van der Waals surface area contributed by atoms with Crippen molar-refractivity contribution in [3.63, 3.8) is 0 Å². The number of rotatable bonds is 7. The SMILES string of the molecule is Cc1cc(NC(=O)C(C)(F)F)ccc1NC(=O)c1cc(NC(=O)C2C(c3ccc(Cl)c(Cl)c3)C2(Cl)Cl)ccc1Cl. The quantitative estimate of drug-likeness (QED) is 0.225. The van der Waals surface area contributed by atoms with Crippen LogP contribution in [0.25, 0.3) is 0 Å². The highest BCUT2D eigenvalue weighted by molar-refractivity contribution is 6.53. The highest BCUT2D eigenvalue weighted by Gasteiger charge is 2.67. The molecule has 0 heterocycles. The van der Waals surface area contributed by atoms with E-state index in [2.05, 4.69) is 16.0 Å². The van der Waals surface area contributed by atoms with Gasteiger partial charge in [0.05, 0.1) is 26.5 Å². The summed E-state index contributed by atoms with van der Waals surface area (Å²) in [5, 5.41) is 8.29. The molecule has 1 saturated carbocycles. The number of aryl methyl sites for hydroxylation is 1. The van der Waals surface area contributed by atoms with Crippen molar-refractivity contribution < 1.29 is 23.2 Å². The van der Waals surface area contributed by atoms with Crippen LogP contribution >= 0.6 is 58.0 Å². The Labute approximate surface area is 253 Å². The summed E-state index contributed by atoms with van der Waals surface area (Å²) >= 11 is 31.2. The molecule has 0 spiro atoms. The van der Waals surface area contributed by atoms with Crippen LogP contribution in [0.15, 0.2) is 54.6 Å². The maximum atomic E-state index is 13.2. The van der Waals surface area contributed by atoms with Crippen LogP contribution in [0, 0.1) is 12.8 Å². The first-order valence-corrected chi connectivity index (χ1v) is 13.5. The minimum atomic E-state index is -3.54. The summed E-state index contributed by atoms with van der Waals surface area (Å²) in [4.78, 5) is 37.6. The zero-order chi connectivity index (χ0) is 29.6. The number of anilines is 3. The minimum Gasteiger partial charge on any atom is -0.326 e. The monoisotopic (exact) mass is 647 g/mol. The number of carbonyl (C=O) groups excluding carboxylic acids is 3. The van der Waals surface area contributed by atoms with Crippen molar-refractivity contribution in [2.45, 2.75) is 30.0 Å². The summed E-state index contributed by atoms with van der Waals surface area (Å²) < 4.78 is 25.0. The van der Waals surface area contributed by atoms with Crippen molar-refractivity contribution in [1.82, 2.24) is 0 Å². The maximum absolute atomic E-state index is 13.2. The van der Waals surface area contributed by atoms with Crippen molar-refractivity contribution in [3.05, 3.63) is 86.4 Å². The van der Waals surface area contributed by atoms with Crippen molar-refractivity contribution in [2.24, 2.45) is 5.92 Å². The van der Waals surface area contributed by atoms with Gasteiger partial charge in [0.15, 0.2) is 0 Å². The molecule has 1 aliphatic carbocycles. The topological polar surface area (TPSA) is 87.3 Å². The molecular formula is C27H20Cl5F2N3O3. The second kappa shape index (κ2) is 11.3. The lowest BCUT2D eigenvalue weighted by molar-refractivity contribution is -0.137. The molecule has 4 rings (SSSR count). The highest BCUT2D eigenvalue weighted by atomic mass is 35.5. The zero-order valence-corrected chi connectivity index (χ0v) is 24.5. The summed E-state index contributed by atoms with van der Waals surface area (Å²) in [6.45, 7) is 2.11. The van der Waals surface area contributed by atoms with Gasteiger partial charge in [-0.05, 0) is 66.6 Å². The van der Waals surface area contributed by atoms with Crippen LogP contribution in [-0.4, -0.2) is 28.0 Å². The molecule has 3 amide bonds. The molecule has 210 valence electrons. The van der Waals surface area contributed by atoms with Crippen molar-refractivity contribution >= 4 is 92.8 Å². The van der Waals surface area contributed by atoms with Crippen LogP contribution in [0.2, 0.25) is 15.1 Å². The molecular weight excluding hydrogens is 630 g/mol. The van der Waals surface area contributed by atoms with Crippen LogP contribution in [0.4, 0.5) is 25.8 Å². The molecule has 0 bridgehead atoms. The van der Waals surface area contributed by atoms with E-state index in [4.69, 9.17) is 58.0 Å². The molecule has 0 saturated heterocycles. The first kappa shape index (κ1) is 30.3.